The molecule has 1 atom stereocenters. The molecule has 0 unspecified atom stereocenters. The highest BCUT2D eigenvalue weighted by Crippen LogP contribution is 2.34. The lowest BCUT2D eigenvalue weighted by Gasteiger charge is -2.15. The Hall–Kier alpha value is -0.870. The molecule has 2 N–H and O–H groups in total. The molecule has 0 aliphatic heterocycles. The molecule has 0 aliphatic rings. The first-order valence-corrected chi connectivity index (χ1v) is 6.39. The van der Waals surface area contributed by atoms with Crippen LogP contribution in [0.5, 0.6) is 11.5 Å². The van der Waals surface area contributed by atoms with Crippen LogP contribution < -0.4 is 15.2 Å². The average Bonchev–Trinajstić information content (AvgIpc) is 2.27. The van der Waals surface area contributed by atoms with Crippen molar-refractivity contribution in [3.63, 3.8) is 0 Å². The van der Waals surface area contributed by atoms with E-state index in [1.165, 1.54) is 0 Å². The van der Waals surface area contributed by atoms with Crippen molar-refractivity contribution in [2.75, 3.05) is 20.5 Å². The summed E-state index contributed by atoms with van der Waals surface area (Å²) < 4.78 is 10.6. The third-order valence-electron chi connectivity index (χ3n) is 2.33. The third kappa shape index (κ3) is 3.06. The summed E-state index contributed by atoms with van der Waals surface area (Å²) in [5, 5.41) is 0. The van der Waals surface area contributed by atoms with Crippen molar-refractivity contribution in [2.45, 2.75) is 24.3 Å². The number of thioether (sulfide) groups is 1. The van der Waals surface area contributed by atoms with Crippen molar-refractivity contribution in [1.82, 2.24) is 0 Å². The van der Waals surface area contributed by atoms with Gasteiger partial charge in [-0.15, -0.1) is 11.8 Å². The van der Waals surface area contributed by atoms with E-state index in [0.717, 1.165) is 28.4 Å². The summed E-state index contributed by atoms with van der Waals surface area (Å²) >= 11 is 1.66. The van der Waals surface area contributed by atoms with E-state index in [1.54, 1.807) is 26.0 Å². The van der Waals surface area contributed by atoms with Gasteiger partial charge in [-0.25, -0.2) is 0 Å². The van der Waals surface area contributed by atoms with Crippen LogP contribution in [0.25, 0.3) is 0 Å². The predicted molar refractivity (Wildman–Crippen MR) is 68.7 cm³/mol. The number of benzene rings is 1. The molecule has 0 radical (unpaired) electrons. The average molecular weight is 241 g/mol. The van der Waals surface area contributed by atoms with Crippen molar-refractivity contribution in [3.8, 4) is 11.5 Å². The van der Waals surface area contributed by atoms with Crippen LogP contribution in [0.4, 0.5) is 0 Å². The van der Waals surface area contributed by atoms with Gasteiger partial charge in [-0.05, 0) is 31.2 Å². The van der Waals surface area contributed by atoms with E-state index >= 15 is 0 Å². The molecule has 0 saturated carbocycles. The smallest absolute Gasteiger partial charge is 0.136 e. The Bertz CT molecular complexity index is 353. The zero-order valence-electron chi connectivity index (χ0n) is 10.2. The van der Waals surface area contributed by atoms with Crippen LogP contribution in [-0.4, -0.2) is 26.5 Å². The largest absolute Gasteiger partial charge is 0.496 e. The number of nitrogens with two attached hydrogens (primary N) is 1. The number of hydrogen-bond donors (Lipinski definition) is 1. The van der Waals surface area contributed by atoms with Crippen LogP contribution in [0, 0.1) is 0 Å². The Morgan fingerprint density at radius 2 is 1.88 bits per heavy atom. The Morgan fingerprint density at radius 1 is 1.25 bits per heavy atom. The van der Waals surface area contributed by atoms with Crippen molar-refractivity contribution in [3.05, 3.63) is 17.7 Å². The molecule has 1 aromatic rings. The van der Waals surface area contributed by atoms with Crippen LogP contribution in [0.3, 0.4) is 0 Å². The fraction of sp³-hybridized carbons (Fsp3) is 0.500. The minimum absolute atomic E-state index is 0.122. The van der Waals surface area contributed by atoms with Crippen LogP contribution in [0.15, 0.2) is 17.0 Å². The van der Waals surface area contributed by atoms with Gasteiger partial charge in [-0.3, -0.25) is 0 Å². The van der Waals surface area contributed by atoms with Crippen molar-refractivity contribution >= 4 is 11.8 Å². The van der Waals surface area contributed by atoms with Gasteiger partial charge in [-0.2, -0.15) is 0 Å². The van der Waals surface area contributed by atoms with E-state index in [9.17, 15) is 0 Å². The summed E-state index contributed by atoms with van der Waals surface area (Å²) in [6.45, 7) is 1.99. The van der Waals surface area contributed by atoms with Crippen LogP contribution >= 0.6 is 11.8 Å². The third-order valence-corrected chi connectivity index (χ3v) is 3.09. The monoisotopic (exact) mass is 241 g/mol. The fourth-order valence-electron chi connectivity index (χ4n) is 1.60. The Kier molecular flexibility index (Phi) is 4.96. The zero-order valence-corrected chi connectivity index (χ0v) is 11.1. The molecule has 90 valence electrons. The minimum Gasteiger partial charge on any atom is -0.496 e. The molecule has 1 rings (SSSR count). The van der Waals surface area contributed by atoms with E-state index in [2.05, 4.69) is 6.07 Å². The van der Waals surface area contributed by atoms with Crippen molar-refractivity contribution in [2.24, 2.45) is 5.73 Å². The molecule has 4 heteroatoms. The second-order valence-electron chi connectivity index (χ2n) is 3.70. The standard InChI is InChI=1S/C12H19NO2S/c1-8(13)5-9-6-12(16-4)11(15-3)7-10(9)14-2/h6-8H,5,13H2,1-4H3/t8-/m1/s1. The van der Waals surface area contributed by atoms with Gasteiger partial charge >= 0.3 is 0 Å². The lowest BCUT2D eigenvalue weighted by Crippen LogP contribution is -2.18. The highest BCUT2D eigenvalue weighted by atomic mass is 32.2. The van der Waals surface area contributed by atoms with Gasteiger partial charge in [0.05, 0.1) is 14.2 Å². The SMILES string of the molecule is COc1cc(OC)c(SC)cc1C[C@@H](C)N. The number of methoxy groups -OCH3 is 2. The molecule has 0 bridgehead atoms. The Morgan fingerprint density at radius 3 is 2.31 bits per heavy atom. The Labute approximate surface area is 101 Å². The summed E-state index contributed by atoms with van der Waals surface area (Å²) in [5.41, 5.74) is 6.94. The van der Waals surface area contributed by atoms with Gasteiger partial charge in [-0.1, -0.05) is 0 Å². The highest BCUT2D eigenvalue weighted by Gasteiger charge is 2.11. The number of ether oxygens (including phenoxy) is 2. The van der Waals surface area contributed by atoms with Crippen LogP contribution in [0.2, 0.25) is 0 Å². The molecule has 0 aromatic heterocycles. The molecular weight excluding hydrogens is 222 g/mol. The molecular formula is C12H19NO2S. The maximum Gasteiger partial charge on any atom is 0.136 e. The lowest BCUT2D eigenvalue weighted by molar-refractivity contribution is 0.384. The summed E-state index contributed by atoms with van der Waals surface area (Å²) in [5.74, 6) is 1.68. The van der Waals surface area contributed by atoms with Crippen molar-refractivity contribution < 1.29 is 9.47 Å². The Balaban J connectivity index is 3.15. The molecule has 3 nitrogen and oxygen atoms in total. The highest BCUT2D eigenvalue weighted by molar-refractivity contribution is 7.98. The first-order valence-electron chi connectivity index (χ1n) is 5.16. The number of hydrogen-bond acceptors (Lipinski definition) is 4. The molecule has 0 saturated heterocycles. The van der Waals surface area contributed by atoms with Gasteiger partial charge in [0.25, 0.3) is 0 Å². The predicted octanol–water partition coefficient (Wildman–Crippen LogP) is 2.32. The van der Waals surface area contributed by atoms with Crippen LogP contribution in [0.1, 0.15) is 12.5 Å². The van der Waals surface area contributed by atoms with Gasteiger partial charge in [0, 0.05) is 17.0 Å². The molecule has 0 heterocycles. The summed E-state index contributed by atoms with van der Waals surface area (Å²) in [6.07, 6.45) is 2.83. The van der Waals surface area contributed by atoms with Gasteiger partial charge < -0.3 is 15.2 Å². The van der Waals surface area contributed by atoms with Gasteiger partial charge in [0.2, 0.25) is 0 Å². The molecule has 0 amide bonds. The zero-order chi connectivity index (χ0) is 12.1. The summed E-state index contributed by atoms with van der Waals surface area (Å²) in [6, 6.07) is 4.13. The first-order chi connectivity index (χ1) is 7.62. The van der Waals surface area contributed by atoms with Gasteiger partial charge in [0.1, 0.15) is 11.5 Å². The second-order valence-corrected chi connectivity index (χ2v) is 4.55. The first kappa shape index (κ1) is 13.2. The van der Waals surface area contributed by atoms with E-state index < -0.39 is 0 Å². The maximum absolute atomic E-state index is 5.82. The fourth-order valence-corrected chi connectivity index (χ4v) is 2.20. The van der Waals surface area contributed by atoms with Crippen molar-refractivity contribution in [1.29, 1.82) is 0 Å². The van der Waals surface area contributed by atoms with E-state index in [0.29, 0.717) is 0 Å². The normalized spacial score (nSPS) is 12.3. The molecule has 1 aromatic carbocycles. The van der Waals surface area contributed by atoms with Gasteiger partial charge in [0.15, 0.2) is 0 Å². The lowest BCUT2D eigenvalue weighted by atomic mass is 10.1. The maximum atomic E-state index is 5.82. The summed E-state index contributed by atoms with van der Waals surface area (Å²) in [4.78, 5) is 1.11. The van der Waals surface area contributed by atoms with E-state index in [1.807, 2.05) is 19.2 Å². The van der Waals surface area contributed by atoms with E-state index in [-0.39, 0.29) is 6.04 Å². The van der Waals surface area contributed by atoms with E-state index in [4.69, 9.17) is 15.2 Å². The topological polar surface area (TPSA) is 44.5 Å². The van der Waals surface area contributed by atoms with Crippen LogP contribution in [-0.2, 0) is 6.42 Å². The molecule has 16 heavy (non-hydrogen) atoms. The molecule has 0 spiro atoms. The quantitative estimate of drug-likeness (QED) is 0.804. The second kappa shape index (κ2) is 6.01. The molecule has 0 aliphatic carbocycles. The minimum atomic E-state index is 0.122. The summed E-state index contributed by atoms with van der Waals surface area (Å²) in [7, 11) is 3.33. The molecule has 0 fully saturated rings. The number of rotatable bonds is 5.